The minimum Gasteiger partial charge on any atom is -0.351 e. The van der Waals surface area contributed by atoms with Crippen LogP contribution in [0.4, 0.5) is 11.4 Å². The molecule has 4 aromatic rings. The standard InChI is InChI=1S/C24H18BrN5O2S/c25-16-9-11-17(12-10-16)29-23(22(27-24(29)33)20-7-1-2-13-26-20)21-8-4-14-28(21)18-5-3-6-19(15-18)30(31)32/h1-15,22-23H,(H,27,33)/t22-,23-/m1/s1. The molecule has 0 unspecified atom stereocenters. The summed E-state index contributed by atoms with van der Waals surface area (Å²) >= 11 is 9.27. The summed E-state index contributed by atoms with van der Waals surface area (Å²) in [6, 6.07) is 23.9. The van der Waals surface area contributed by atoms with E-state index in [1.807, 2.05) is 71.4 Å². The average molecular weight is 520 g/mol. The summed E-state index contributed by atoms with van der Waals surface area (Å²) in [4.78, 5) is 17.6. The van der Waals surface area contributed by atoms with Gasteiger partial charge in [0.05, 0.1) is 22.3 Å². The molecule has 0 aliphatic carbocycles. The van der Waals surface area contributed by atoms with E-state index in [0.717, 1.165) is 21.5 Å². The molecule has 1 N–H and O–H groups in total. The third-order valence-corrected chi connectivity index (χ3v) is 6.45. The van der Waals surface area contributed by atoms with Crippen LogP contribution in [-0.2, 0) is 0 Å². The highest BCUT2D eigenvalue weighted by atomic mass is 79.9. The van der Waals surface area contributed by atoms with Crippen molar-refractivity contribution in [2.24, 2.45) is 0 Å². The van der Waals surface area contributed by atoms with Crippen LogP contribution in [-0.4, -0.2) is 19.6 Å². The number of rotatable bonds is 5. The van der Waals surface area contributed by atoms with Crippen LogP contribution in [0.5, 0.6) is 0 Å². The molecule has 9 heteroatoms. The molecule has 1 aliphatic heterocycles. The molecule has 0 saturated carbocycles. The zero-order valence-corrected chi connectivity index (χ0v) is 19.6. The third-order valence-electron chi connectivity index (χ3n) is 5.60. The molecule has 1 saturated heterocycles. The second kappa shape index (κ2) is 8.76. The Bertz CT molecular complexity index is 1330. The molecule has 2 aromatic carbocycles. The van der Waals surface area contributed by atoms with Crippen LogP contribution >= 0.6 is 28.1 Å². The van der Waals surface area contributed by atoms with E-state index in [1.54, 1.807) is 18.3 Å². The van der Waals surface area contributed by atoms with Gasteiger partial charge < -0.3 is 14.8 Å². The van der Waals surface area contributed by atoms with Crippen molar-refractivity contribution in [3.63, 3.8) is 0 Å². The van der Waals surface area contributed by atoms with Crippen LogP contribution in [0.3, 0.4) is 0 Å². The molecule has 0 amide bonds. The van der Waals surface area contributed by atoms with E-state index in [0.29, 0.717) is 10.8 Å². The zero-order valence-electron chi connectivity index (χ0n) is 17.2. The number of pyridine rings is 1. The Hall–Kier alpha value is -3.56. The lowest BCUT2D eigenvalue weighted by Gasteiger charge is -2.29. The SMILES string of the molecule is O=[N+]([O-])c1cccc(-n2cccc2[C@@H]2[C@@H](c3ccccn3)NC(=S)N2c2ccc(Br)cc2)c1. The highest BCUT2D eigenvalue weighted by Gasteiger charge is 2.42. The summed E-state index contributed by atoms with van der Waals surface area (Å²) in [5.74, 6) is 0. The molecule has 3 heterocycles. The molecule has 1 aliphatic rings. The molecular weight excluding hydrogens is 502 g/mol. The van der Waals surface area contributed by atoms with E-state index in [4.69, 9.17) is 12.2 Å². The Balaban J connectivity index is 1.66. The smallest absolute Gasteiger partial charge is 0.271 e. The van der Waals surface area contributed by atoms with Gasteiger partial charge in [0.1, 0.15) is 6.04 Å². The molecule has 0 bridgehead atoms. The Morgan fingerprint density at radius 3 is 2.55 bits per heavy atom. The van der Waals surface area contributed by atoms with Crippen LogP contribution < -0.4 is 10.2 Å². The summed E-state index contributed by atoms with van der Waals surface area (Å²) in [6.45, 7) is 0. The maximum Gasteiger partial charge on any atom is 0.271 e. The average Bonchev–Trinajstić information content (AvgIpc) is 3.44. The fraction of sp³-hybridized carbons (Fsp3) is 0.0833. The Kier molecular flexibility index (Phi) is 5.65. The number of nitrogens with zero attached hydrogens (tertiary/aromatic N) is 4. The molecule has 1 fully saturated rings. The normalized spacial score (nSPS) is 17.7. The Labute approximate surface area is 204 Å². The van der Waals surface area contributed by atoms with Gasteiger partial charge in [-0.25, -0.2) is 0 Å². The third kappa shape index (κ3) is 4.01. The van der Waals surface area contributed by atoms with Crippen molar-refractivity contribution in [3.05, 3.63) is 117 Å². The van der Waals surface area contributed by atoms with Gasteiger partial charge in [-0.05, 0) is 66.8 Å². The highest BCUT2D eigenvalue weighted by molar-refractivity contribution is 9.10. The molecule has 0 spiro atoms. The fourth-order valence-corrected chi connectivity index (χ4v) is 4.77. The number of nitro benzene ring substituents is 1. The molecule has 2 aromatic heterocycles. The van der Waals surface area contributed by atoms with Gasteiger partial charge in [-0.15, -0.1) is 0 Å². The van der Waals surface area contributed by atoms with Crippen molar-refractivity contribution in [1.29, 1.82) is 0 Å². The van der Waals surface area contributed by atoms with Crippen LogP contribution in [0.15, 0.2) is 95.7 Å². The molecular formula is C24H18BrN5O2S. The first-order valence-electron chi connectivity index (χ1n) is 10.2. The van der Waals surface area contributed by atoms with Gasteiger partial charge in [-0.1, -0.05) is 28.1 Å². The second-order valence-corrected chi connectivity index (χ2v) is 8.86. The van der Waals surface area contributed by atoms with Crippen molar-refractivity contribution >= 4 is 44.6 Å². The fourth-order valence-electron chi connectivity index (χ4n) is 4.16. The van der Waals surface area contributed by atoms with Gasteiger partial charge in [0.2, 0.25) is 0 Å². The number of anilines is 1. The van der Waals surface area contributed by atoms with Crippen molar-refractivity contribution in [1.82, 2.24) is 14.9 Å². The maximum absolute atomic E-state index is 11.4. The highest BCUT2D eigenvalue weighted by Crippen LogP contribution is 2.42. The lowest BCUT2D eigenvalue weighted by Crippen LogP contribution is -2.30. The number of halogens is 1. The summed E-state index contributed by atoms with van der Waals surface area (Å²) in [7, 11) is 0. The van der Waals surface area contributed by atoms with Gasteiger partial charge in [0, 0.05) is 40.4 Å². The summed E-state index contributed by atoms with van der Waals surface area (Å²) in [5.41, 5.74) is 3.47. The predicted octanol–water partition coefficient (Wildman–Crippen LogP) is 5.72. The van der Waals surface area contributed by atoms with Gasteiger partial charge in [-0.2, -0.15) is 0 Å². The first-order chi connectivity index (χ1) is 16.0. The van der Waals surface area contributed by atoms with Gasteiger partial charge >= 0.3 is 0 Å². The Morgan fingerprint density at radius 1 is 1.00 bits per heavy atom. The van der Waals surface area contributed by atoms with Crippen molar-refractivity contribution in [2.45, 2.75) is 12.1 Å². The van der Waals surface area contributed by atoms with Crippen LogP contribution in [0.1, 0.15) is 23.5 Å². The molecule has 164 valence electrons. The maximum atomic E-state index is 11.4. The summed E-state index contributed by atoms with van der Waals surface area (Å²) in [5, 5.41) is 15.4. The molecule has 0 radical (unpaired) electrons. The van der Waals surface area contributed by atoms with Crippen molar-refractivity contribution in [2.75, 3.05) is 4.90 Å². The number of thiocarbonyl (C=S) groups is 1. The first-order valence-corrected chi connectivity index (χ1v) is 11.4. The number of aromatic nitrogens is 2. The van der Waals surface area contributed by atoms with E-state index in [2.05, 4.69) is 31.1 Å². The summed E-state index contributed by atoms with van der Waals surface area (Å²) < 4.78 is 2.94. The predicted molar refractivity (Wildman–Crippen MR) is 134 cm³/mol. The lowest BCUT2D eigenvalue weighted by atomic mass is 10.0. The van der Waals surface area contributed by atoms with Crippen molar-refractivity contribution in [3.8, 4) is 5.69 Å². The first kappa shape index (κ1) is 21.3. The largest absolute Gasteiger partial charge is 0.351 e. The number of hydrogen-bond donors (Lipinski definition) is 1. The van der Waals surface area contributed by atoms with E-state index < -0.39 is 0 Å². The lowest BCUT2D eigenvalue weighted by molar-refractivity contribution is -0.384. The van der Waals surface area contributed by atoms with E-state index in [-0.39, 0.29) is 22.7 Å². The topological polar surface area (TPSA) is 76.2 Å². The van der Waals surface area contributed by atoms with E-state index in [1.165, 1.54) is 6.07 Å². The number of non-ortho nitro benzene ring substituents is 1. The Morgan fingerprint density at radius 2 is 1.82 bits per heavy atom. The minimum atomic E-state index is -0.385. The van der Waals surface area contributed by atoms with Crippen molar-refractivity contribution < 1.29 is 4.92 Å². The number of benzene rings is 2. The van der Waals surface area contributed by atoms with E-state index in [9.17, 15) is 10.1 Å². The van der Waals surface area contributed by atoms with Gasteiger partial charge in [0.15, 0.2) is 5.11 Å². The van der Waals surface area contributed by atoms with E-state index >= 15 is 0 Å². The van der Waals surface area contributed by atoms with Gasteiger partial charge in [-0.3, -0.25) is 15.1 Å². The minimum absolute atomic E-state index is 0.0401. The van der Waals surface area contributed by atoms with Crippen LogP contribution in [0, 0.1) is 10.1 Å². The van der Waals surface area contributed by atoms with Crippen LogP contribution in [0.2, 0.25) is 0 Å². The molecule has 5 rings (SSSR count). The zero-order chi connectivity index (χ0) is 22.9. The monoisotopic (exact) mass is 519 g/mol. The molecule has 7 nitrogen and oxygen atoms in total. The van der Waals surface area contributed by atoms with Gasteiger partial charge in [0.25, 0.3) is 5.69 Å². The summed E-state index contributed by atoms with van der Waals surface area (Å²) in [6.07, 6.45) is 3.67. The van der Waals surface area contributed by atoms with Crippen LogP contribution in [0.25, 0.3) is 5.69 Å². The molecule has 2 atom stereocenters. The quantitative estimate of drug-likeness (QED) is 0.206. The molecule has 33 heavy (non-hydrogen) atoms. The number of hydrogen-bond acceptors (Lipinski definition) is 4. The number of nitro groups is 1. The second-order valence-electron chi connectivity index (χ2n) is 7.55. The number of nitrogens with one attached hydrogen (secondary N) is 1.